The Hall–Kier alpha value is -2.69. The Morgan fingerprint density at radius 2 is 1.83 bits per heavy atom. The Bertz CT molecular complexity index is 726. The third kappa shape index (κ3) is 4.39. The average Bonchev–Trinajstić information content (AvgIpc) is 2.51. The number of carboxylic acids is 1. The summed E-state index contributed by atoms with van der Waals surface area (Å²) in [5.41, 5.74) is 2.19. The maximum Gasteiger partial charge on any atom is 0.306 e. The molecule has 0 heterocycles. The molecule has 23 heavy (non-hydrogen) atoms. The molecule has 120 valence electrons. The quantitative estimate of drug-likeness (QED) is 0.885. The lowest BCUT2D eigenvalue weighted by atomic mass is 10.0. The predicted molar refractivity (Wildman–Crippen MR) is 86.0 cm³/mol. The van der Waals surface area contributed by atoms with E-state index in [1.807, 2.05) is 0 Å². The van der Waals surface area contributed by atoms with E-state index in [0.29, 0.717) is 12.1 Å². The maximum atomic E-state index is 13.7. The van der Waals surface area contributed by atoms with E-state index in [1.54, 1.807) is 44.2 Å². The number of carbonyl (C=O) groups excluding carboxylic acids is 1. The Morgan fingerprint density at radius 3 is 2.43 bits per heavy atom. The predicted octanol–water partition coefficient (Wildman–Crippen LogP) is 3.65. The largest absolute Gasteiger partial charge is 0.481 e. The molecule has 4 nitrogen and oxygen atoms in total. The molecule has 0 spiro atoms. The molecule has 2 rings (SSSR count). The molecule has 2 aromatic carbocycles. The van der Waals surface area contributed by atoms with Gasteiger partial charge in [-0.1, -0.05) is 30.7 Å². The van der Waals surface area contributed by atoms with Crippen LogP contribution in [0.5, 0.6) is 0 Å². The highest BCUT2D eigenvalue weighted by atomic mass is 19.1. The first-order valence-electron chi connectivity index (χ1n) is 7.26. The molecule has 0 aliphatic carbocycles. The van der Waals surface area contributed by atoms with Crippen LogP contribution in [0.2, 0.25) is 0 Å². The molecular weight excluding hydrogens is 297 g/mol. The lowest BCUT2D eigenvalue weighted by Gasteiger charge is -2.09. The van der Waals surface area contributed by atoms with Crippen LogP contribution in [0, 0.1) is 18.7 Å². The van der Waals surface area contributed by atoms with Crippen LogP contribution < -0.4 is 5.32 Å². The summed E-state index contributed by atoms with van der Waals surface area (Å²) in [5.74, 6) is -2.41. The van der Waals surface area contributed by atoms with Gasteiger partial charge in [-0.15, -0.1) is 0 Å². The second-order valence-corrected chi connectivity index (χ2v) is 5.58. The summed E-state index contributed by atoms with van der Waals surface area (Å²) >= 11 is 0. The van der Waals surface area contributed by atoms with Crippen molar-refractivity contribution >= 4 is 17.6 Å². The maximum absolute atomic E-state index is 13.7. The number of rotatable bonds is 5. The van der Waals surface area contributed by atoms with Crippen molar-refractivity contribution in [2.45, 2.75) is 20.3 Å². The van der Waals surface area contributed by atoms with Gasteiger partial charge in [0.15, 0.2) is 0 Å². The van der Waals surface area contributed by atoms with Gasteiger partial charge >= 0.3 is 5.97 Å². The van der Waals surface area contributed by atoms with Crippen LogP contribution in [-0.2, 0) is 11.2 Å². The van der Waals surface area contributed by atoms with E-state index in [4.69, 9.17) is 5.11 Å². The summed E-state index contributed by atoms with van der Waals surface area (Å²) < 4.78 is 13.7. The Morgan fingerprint density at radius 1 is 1.17 bits per heavy atom. The number of halogens is 1. The van der Waals surface area contributed by atoms with Crippen LogP contribution >= 0.6 is 0 Å². The molecule has 1 atom stereocenters. The molecule has 0 bridgehead atoms. The minimum Gasteiger partial charge on any atom is -0.481 e. The highest BCUT2D eigenvalue weighted by Crippen LogP contribution is 2.16. The van der Waals surface area contributed by atoms with Crippen LogP contribution in [0.4, 0.5) is 10.1 Å². The van der Waals surface area contributed by atoms with E-state index in [1.165, 1.54) is 12.1 Å². The SMILES string of the molecule is Cc1ccc(F)c(C(=O)Nc2ccc(CC(C)C(=O)O)cc2)c1. The van der Waals surface area contributed by atoms with E-state index >= 15 is 0 Å². The number of benzene rings is 2. The first-order valence-corrected chi connectivity index (χ1v) is 7.26. The molecular formula is C18H18FNO3. The van der Waals surface area contributed by atoms with Gasteiger partial charge in [0.2, 0.25) is 0 Å². The zero-order valence-corrected chi connectivity index (χ0v) is 13.0. The molecule has 5 heteroatoms. The van der Waals surface area contributed by atoms with Gasteiger partial charge in [-0.25, -0.2) is 4.39 Å². The Labute approximate surface area is 134 Å². The number of aliphatic carboxylic acids is 1. The number of hydrogen-bond acceptors (Lipinski definition) is 2. The van der Waals surface area contributed by atoms with Crippen molar-refractivity contribution in [1.29, 1.82) is 0 Å². The molecule has 0 aliphatic heterocycles. The lowest BCUT2D eigenvalue weighted by molar-refractivity contribution is -0.141. The van der Waals surface area contributed by atoms with Crippen molar-refractivity contribution < 1.29 is 19.1 Å². The normalized spacial score (nSPS) is 11.8. The number of anilines is 1. The van der Waals surface area contributed by atoms with Gasteiger partial charge in [-0.2, -0.15) is 0 Å². The summed E-state index contributed by atoms with van der Waals surface area (Å²) in [6, 6.07) is 11.2. The third-order valence-electron chi connectivity index (χ3n) is 3.54. The zero-order chi connectivity index (χ0) is 17.0. The van der Waals surface area contributed by atoms with E-state index in [2.05, 4.69) is 5.32 Å². The second kappa shape index (κ2) is 7.05. The van der Waals surface area contributed by atoms with Crippen LogP contribution in [-0.4, -0.2) is 17.0 Å². The number of hydrogen-bond donors (Lipinski definition) is 2. The molecule has 0 aromatic heterocycles. The number of carbonyl (C=O) groups is 2. The van der Waals surface area contributed by atoms with Crippen molar-refractivity contribution in [2.75, 3.05) is 5.32 Å². The highest BCUT2D eigenvalue weighted by Gasteiger charge is 2.13. The van der Waals surface area contributed by atoms with Gasteiger partial charge in [0.1, 0.15) is 5.82 Å². The monoisotopic (exact) mass is 315 g/mol. The van der Waals surface area contributed by atoms with Crippen LogP contribution in [0.3, 0.4) is 0 Å². The van der Waals surface area contributed by atoms with E-state index in [9.17, 15) is 14.0 Å². The second-order valence-electron chi connectivity index (χ2n) is 5.58. The van der Waals surface area contributed by atoms with Gasteiger partial charge in [-0.05, 0) is 43.2 Å². The van der Waals surface area contributed by atoms with Gasteiger partial charge in [0.25, 0.3) is 5.91 Å². The van der Waals surface area contributed by atoms with Gasteiger partial charge in [0, 0.05) is 5.69 Å². The van der Waals surface area contributed by atoms with Gasteiger partial charge < -0.3 is 10.4 Å². The molecule has 0 saturated heterocycles. The Balaban J connectivity index is 2.07. The molecule has 0 saturated carbocycles. The first kappa shape index (κ1) is 16.7. The molecule has 0 fully saturated rings. The standard InChI is InChI=1S/C18H18FNO3/c1-11-3-8-16(19)15(9-11)17(21)20-14-6-4-13(5-7-14)10-12(2)18(22)23/h3-9,12H,10H2,1-2H3,(H,20,21)(H,22,23). The lowest BCUT2D eigenvalue weighted by Crippen LogP contribution is -2.14. The fourth-order valence-corrected chi connectivity index (χ4v) is 2.18. The van der Waals surface area contributed by atoms with Crippen molar-refractivity contribution in [1.82, 2.24) is 0 Å². The summed E-state index contributed by atoms with van der Waals surface area (Å²) in [6.45, 7) is 3.42. The molecule has 0 radical (unpaired) electrons. The molecule has 2 N–H and O–H groups in total. The van der Waals surface area contributed by atoms with Gasteiger partial charge in [-0.3, -0.25) is 9.59 Å². The van der Waals surface area contributed by atoms with Crippen LogP contribution in [0.25, 0.3) is 0 Å². The number of amides is 1. The Kier molecular flexibility index (Phi) is 5.11. The van der Waals surface area contributed by atoms with E-state index in [0.717, 1.165) is 11.1 Å². The van der Waals surface area contributed by atoms with Crippen molar-refractivity contribution in [3.8, 4) is 0 Å². The van der Waals surface area contributed by atoms with Crippen molar-refractivity contribution in [2.24, 2.45) is 5.92 Å². The fraction of sp³-hybridized carbons (Fsp3) is 0.222. The first-order chi connectivity index (χ1) is 10.9. The zero-order valence-electron chi connectivity index (χ0n) is 13.0. The summed E-state index contributed by atoms with van der Waals surface area (Å²) in [5, 5.41) is 11.5. The molecule has 1 amide bonds. The number of aryl methyl sites for hydroxylation is 1. The minimum atomic E-state index is -0.850. The van der Waals surface area contributed by atoms with Gasteiger partial charge in [0.05, 0.1) is 11.5 Å². The average molecular weight is 315 g/mol. The minimum absolute atomic E-state index is 0.00595. The summed E-state index contributed by atoms with van der Waals surface area (Å²) in [4.78, 5) is 23.0. The highest BCUT2D eigenvalue weighted by molar-refractivity contribution is 6.04. The van der Waals surface area contributed by atoms with E-state index < -0.39 is 23.6 Å². The fourth-order valence-electron chi connectivity index (χ4n) is 2.18. The van der Waals surface area contributed by atoms with E-state index in [-0.39, 0.29) is 5.56 Å². The topological polar surface area (TPSA) is 66.4 Å². The number of nitrogens with one attached hydrogen (secondary N) is 1. The number of carboxylic acid groups (broad SMARTS) is 1. The molecule has 0 aliphatic rings. The molecule has 1 unspecified atom stereocenters. The summed E-state index contributed by atoms with van der Waals surface area (Å²) in [7, 11) is 0. The summed E-state index contributed by atoms with van der Waals surface area (Å²) in [6.07, 6.45) is 0.413. The molecule has 2 aromatic rings. The van der Waals surface area contributed by atoms with Crippen LogP contribution in [0.15, 0.2) is 42.5 Å². The smallest absolute Gasteiger partial charge is 0.306 e. The van der Waals surface area contributed by atoms with Crippen molar-refractivity contribution in [3.05, 3.63) is 65.0 Å². The van der Waals surface area contributed by atoms with Crippen LogP contribution in [0.1, 0.15) is 28.4 Å². The third-order valence-corrected chi connectivity index (χ3v) is 3.54. The van der Waals surface area contributed by atoms with Crippen molar-refractivity contribution in [3.63, 3.8) is 0 Å².